The van der Waals surface area contributed by atoms with Gasteiger partial charge >= 0.3 is 0 Å². The Morgan fingerprint density at radius 3 is 2.86 bits per heavy atom. The predicted octanol–water partition coefficient (Wildman–Crippen LogP) is 3.50. The summed E-state index contributed by atoms with van der Waals surface area (Å²) in [7, 11) is 3.48. The van der Waals surface area contributed by atoms with Gasteiger partial charge in [0, 0.05) is 24.8 Å². The molecule has 5 nitrogen and oxygen atoms in total. The Labute approximate surface area is 136 Å². The molecule has 0 unspecified atom stereocenters. The third-order valence-electron chi connectivity index (χ3n) is 2.55. The van der Waals surface area contributed by atoms with Crippen LogP contribution in [0.25, 0.3) is 0 Å². The molecule has 1 N–H and O–H groups in total. The number of nitrogens with one attached hydrogen (secondary N) is 1. The number of amides is 1. The van der Waals surface area contributed by atoms with E-state index in [1.54, 1.807) is 19.0 Å². The lowest BCUT2D eigenvalue weighted by atomic mass is 10.3. The summed E-state index contributed by atoms with van der Waals surface area (Å²) in [5, 5.41) is 12.4. The van der Waals surface area contributed by atoms with Crippen molar-refractivity contribution in [2.45, 2.75) is 16.5 Å². The predicted molar refractivity (Wildman–Crippen MR) is 88.7 cm³/mol. The molecule has 0 bridgehead atoms. The Kier molecular flexibility index (Phi) is 5.44. The Hall–Kier alpha value is -1.31. The number of hydrogen-bond donors (Lipinski definition) is 1. The minimum Gasteiger partial charge on any atom is -0.348 e. The first kappa shape index (κ1) is 16.1. The first-order valence-electron chi connectivity index (χ1n) is 6.19. The van der Waals surface area contributed by atoms with E-state index < -0.39 is 0 Å². The number of carbonyl (C=O) groups is 1. The van der Waals surface area contributed by atoms with Crippen LogP contribution in [-0.2, 0) is 4.79 Å². The van der Waals surface area contributed by atoms with E-state index in [2.05, 4.69) is 15.5 Å². The SMILES string of the molecule is C[C@@H](Sc1nnc(Nc2cccc(Cl)c2)s1)C(=O)N(C)C. The molecule has 1 atom stereocenters. The monoisotopic (exact) mass is 342 g/mol. The standard InChI is InChI=1S/C13H15ClN4OS2/c1-8(11(19)18(2)3)20-13-17-16-12(21-13)15-10-6-4-5-9(14)7-10/h4-8H,1-3H3,(H,15,16)/t8-/m1/s1. The fourth-order valence-corrected chi connectivity index (χ4v) is 3.82. The molecule has 0 spiro atoms. The Morgan fingerprint density at radius 1 is 1.43 bits per heavy atom. The van der Waals surface area contributed by atoms with Crippen LogP contribution in [0.5, 0.6) is 0 Å². The Balaban J connectivity index is 2.00. The van der Waals surface area contributed by atoms with Crippen LogP contribution in [0.3, 0.4) is 0 Å². The Morgan fingerprint density at radius 2 is 2.19 bits per heavy atom. The molecular formula is C13H15ClN4OS2. The van der Waals surface area contributed by atoms with Gasteiger partial charge in [0.05, 0.1) is 5.25 Å². The van der Waals surface area contributed by atoms with Crippen molar-refractivity contribution < 1.29 is 4.79 Å². The highest BCUT2D eigenvalue weighted by atomic mass is 35.5. The minimum absolute atomic E-state index is 0.0551. The number of thioether (sulfide) groups is 1. The summed E-state index contributed by atoms with van der Waals surface area (Å²) in [6, 6.07) is 7.38. The lowest BCUT2D eigenvalue weighted by molar-refractivity contribution is -0.127. The molecule has 0 saturated carbocycles. The van der Waals surface area contributed by atoms with Crippen molar-refractivity contribution in [2.75, 3.05) is 19.4 Å². The largest absolute Gasteiger partial charge is 0.348 e. The smallest absolute Gasteiger partial charge is 0.235 e. The van der Waals surface area contributed by atoms with Crippen molar-refractivity contribution in [3.8, 4) is 0 Å². The summed E-state index contributed by atoms with van der Waals surface area (Å²) in [5.74, 6) is 0.0551. The van der Waals surface area contributed by atoms with Crippen LogP contribution < -0.4 is 5.32 Å². The van der Waals surface area contributed by atoms with Gasteiger partial charge < -0.3 is 10.2 Å². The highest BCUT2D eigenvalue weighted by molar-refractivity contribution is 8.02. The molecule has 0 aliphatic carbocycles. The van der Waals surface area contributed by atoms with E-state index >= 15 is 0 Å². The number of hydrogen-bond acceptors (Lipinski definition) is 6. The summed E-state index contributed by atoms with van der Waals surface area (Å²) in [6.07, 6.45) is 0. The van der Waals surface area contributed by atoms with E-state index in [9.17, 15) is 4.79 Å². The number of halogens is 1. The van der Waals surface area contributed by atoms with Crippen molar-refractivity contribution in [2.24, 2.45) is 0 Å². The highest BCUT2D eigenvalue weighted by Crippen LogP contribution is 2.31. The number of nitrogens with zero attached hydrogens (tertiary/aromatic N) is 3. The van der Waals surface area contributed by atoms with Crippen LogP contribution in [0.2, 0.25) is 5.02 Å². The third kappa shape index (κ3) is 4.59. The van der Waals surface area contributed by atoms with Gasteiger partial charge in [-0.25, -0.2) is 0 Å². The van der Waals surface area contributed by atoms with Crippen LogP contribution in [-0.4, -0.2) is 40.3 Å². The van der Waals surface area contributed by atoms with E-state index in [1.165, 1.54) is 23.1 Å². The normalized spacial score (nSPS) is 12.0. The van der Waals surface area contributed by atoms with Gasteiger partial charge in [-0.1, -0.05) is 40.8 Å². The van der Waals surface area contributed by atoms with E-state index in [1.807, 2.05) is 31.2 Å². The van der Waals surface area contributed by atoms with Crippen molar-refractivity contribution >= 4 is 51.4 Å². The molecule has 2 rings (SSSR count). The lowest BCUT2D eigenvalue weighted by Crippen LogP contribution is -2.29. The minimum atomic E-state index is -0.188. The lowest BCUT2D eigenvalue weighted by Gasteiger charge is -2.14. The third-order valence-corrected chi connectivity index (χ3v) is 4.79. The van der Waals surface area contributed by atoms with Gasteiger partial charge in [0.25, 0.3) is 0 Å². The molecule has 21 heavy (non-hydrogen) atoms. The first-order valence-corrected chi connectivity index (χ1v) is 8.27. The maximum atomic E-state index is 11.8. The molecule has 0 saturated heterocycles. The average molecular weight is 343 g/mol. The first-order chi connectivity index (χ1) is 9.95. The molecule has 1 amide bonds. The molecule has 2 aromatic rings. The summed E-state index contributed by atoms with van der Waals surface area (Å²) in [6.45, 7) is 1.86. The number of anilines is 2. The van der Waals surface area contributed by atoms with Gasteiger partial charge in [0.15, 0.2) is 4.34 Å². The zero-order valence-electron chi connectivity index (χ0n) is 11.8. The molecule has 0 radical (unpaired) electrons. The van der Waals surface area contributed by atoms with Gasteiger partial charge in [-0.2, -0.15) is 0 Å². The summed E-state index contributed by atoms with van der Waals surface area (Å²) >= 11 is 8.74. The van der Waals surface area contributed by atoms with Crippen molar-refractivity contribution in [1.82, 2.24) is 15.1 Å². The molecule has 112 valence electrons. The molecular weight excluding hydrogens is 328 g/mol. The number of rotatable bonds is 5. The molecule has 0 aliphatic heterocycles. The second kappa shape index (κ2) is 7.11. The van der Waals surface area contributed by atoms with Crippen molar-refractivity contribution in [3.63, 3.8) is 0 Å². The second-order valence-electron chi connectivity index (χ2n) is 4.50. The molecule has 1 heterocycles. The molecule has 0 fully saturated rings. The van der Waals surface area contributed by atoms with Gasteiger partial charge in [-0.05, 0) is 25.1 Å². The fourth-order valence-electron chi connectivity index (χ4n) is 1.56. The zero-order valence-corrected chi connectivity index (χ0v) is 14.2. The van der Waals surface area contributed by atoms with Crippen molar-refractivity contribution in [3.05, 3.63) is 29.3 Å². The van der Waals surface area contributed by atoms with E-state index in [4.69, 9.17) is 11.6 Å². The number of benzene rings is 1. The number of aromatic nitrogens is 2. The average Bonchev–Trinajstić information content (AvgIpc) is 2.84. The van der Waals surface area contributed by atoms with Gasteiger partial charge in [-0.15, -0.1) is 10.2 Å². The van der Waals surface area contributed by atoms with E-state index in [0.29, 0.717) is 10.2 Å². The van der Waals surface area contributed by atoms with Crippen LogP contribution in [0, 0.1) is 0 Å². The second-order valence-corrected chi connectivity index (χ2v) is 7.50. The summed E-state index contributed by atoms with van der Waals surface area (Å²) < 4.78 is 0.752. The maximum absolute atomic E-state index is 11.8. The van der Waals surface area contributed by atoms with Gasteiger partial charge in [0.1, 0.15) is 0 Å². The highest BCUT2D eigenvalue weighted by Gasteiger charge is 2.18. The molecule has 0 aliphatic rings. The summed E-state index contributed by atoms with van der Waals surface area (Å²) in [5.41, 5.74) is 0.854. The molecule has 8 heteroatoms. The van der Waals surface area contributed by atoms with Crippen LogP contribution in [0.1, 0.15) is 6.92 Å². The summed E-state index contributed by atoms with van der Waals surface area (Å²) in [4.78, 5) is 13.4. The van der Waals surface area contributed by atoms with Crippen molar-refractivity contribution in [1.29, 1.82) is 0 Å². The van der Waals surface area contributed by atoms with Gasteiger partial charge in [-0.3, -0.25) is 4.79 Å². The van der Waals surface area contributed by atoms with Crippen LogP contribution in [0.4, 0.5) is 10.8 Å². The molecule has 1 aromatic carbocycles. The van der Waals surface area contributed by atoms with Crippen LogP contribution in [0.15, 0.2) is 28.6 Å². The number of carbonyl (C=O) groups excluding carboxylic acids is 1. The van der Waals surface area contributed by atoms with E-state index in [-0.39, 0.29) is 11.2 Å². The molecule has 1 aromatic heterocycles. The maximum Gasteiger partial charge on any atom is 0.235 e. The van der Waals surface area contributed by atoms with E-state index in [0.717, 1.165) is 10.0 Å². The van der Waals surface area contributed by atoms with Gasteiger partial charge in [0.2, 0.25) is 11.0 Å². The zero-order chi connectivity index (χ0) is 15.4. The fraction of sp³-hybridized carbons (Fsp3) is 0.308. The Bertz CT molecular complexity index is 632. The quantitative estimate of drug-likeness (QED) is 0.843. The topological polar surface area (TPSA) is 58.1 Å². The van der Waals surface area contributed by atoms with Crippen LogP contribution >= 0.6 is 34.7 Å².